The van der Waals surface area contributed by atoms with Crippen molar-refractivity contribution in [2.75, 3.05) is 6.61 Å². The lowest BCUT2D eigenvalue weighted by molar-refractivity contribution is -0.113. The summed E-state index contributed by atoms with van der Waals surface area (Å²) < 4.78 is 0. The van der Waals surface area contributed by atoms with Crippen LogP contribution < -0.4 is 0 Å². The minimum Gasteiger partial charge on any atom is -0.393 e. The molecule has 0 aliphatic heterocycles. The van der Waals surface area contributed by atoms with Crippen molar-refractivity contribution < 1.29 is 15.0 Å². The number of hydrogen-bond acceptors (Lipinski definition) is 3. The van der Waals surface area contributed by atoms with Crippen molar-refractivity contribution in [3.63, 3.8) is 0 Å². The highest BCUT2D eigenvalue weighted by Gasteiger charge is 2.61. The summed E-state index contributed by atoms with van der Waals surface area (Å²) >= 11 is 0. The molecule has 3 nitrogen and oxygen atoms in total. The summed E-state index contributed by atoms with van der Waals surface area (Å²) in [6.45, 7) is 6.85. The maximum Gasteiger partial charge on any atom is 0.178 e. The number of fused-ring (bicyclic) bond motifs is 5. The highest BCUT2D eigenvalue weighted by molar-refractivity contribution is 6.01. The monoisotopic (exact) mass is 342 g/mol. The zero-order valence-corrected chi connectivity index (χ0v) is 15.5. The number of allylic oxidation sites excluding steroid dienone is 5. The summed E-state index contributed by atoms with van der Waals surface area (Å²) in [5, 5.41) is 20.6. The van der Waals surface area contributed by atoms with E-state index in [4.69, 9.17) is 0 Å². The van der Waals surface area contributed by atoms with E-state index in [0.29, 0.717) is 17.8 Å². The Morgan fingerprint density at radius 2 is 2.12 bits per heavy atom. The van der Waals surface area contributed by atoms with E-state index < -0.39 is 0 Å². The molecule has 3 heteroatoms. The molecule has 0 spiro atoms. The lowest BCUT2D eigenvalue weighted by Gasteiger charge is -2.59. The SMILES string of the molecule is CC1C[C@@H]2[C@H](C(O)C[C@]3(C)C(=CCO)CC[C@@H]23)[C@@]2(C)C=CC(=O)C=C12. The minimum atomic E-state index is -0.370. The average Bonchev–Trinajstić information content (AvgIpc) is 2.86. The second-order valence-electron chi connectivity index (χ2n) is 9.19. The van der Waals surface area contributed by atoms with Crippen molar-refractivity contribution in [3.05, 3.63) is 35.5 Å². The fourth-order valence-electron chi connectivity index (χ4n) is 7.04. The third-order valence-corrected chi connectivity index (χ3v) is 8.00. The Hall–Kier alpha value is -1.19. The molecule has 0 aromatic heterocycles. The predicted octanol–water partition coefficient (Wildman–Crippen LogP) is 3.43. The molecular formula is C22H30O3. The summed E-state index contributed by atoms with van der Waals surface area (Å²) in [4.78, 5) is 11.9. The Labute approximate surface area is 150 Å². The van der Waals surface area contributed by atoms with Crippen molar-refractivity contribution in [1.29, 1.82) is 0 Å². The van der Waals surface area contributed by atoms with Crippen LogP contribution in [-0.4, -0.2) is 28.7 Å². The van der Waals surface area contributed by atoms with Gasteiger partial charge in [-0.05, 0) is 61.0 Å². The molecule has 0 bridgehead atoms. The van der Waals surface area contributed by atoms with Gasteiger partial charge >= 0.3 is 0 Å². The molecule has 4 aliphatic carbocycles. The molecule has 0 aromatic carbocycles. The van der Waals surface area contributed by atoms with Gasteiger partial charge in [-0.3, -0.25) is 4.79 Å². The van der Waals surface area contributed by atoms with Gasteiger partial charge in [0.15, 0.2) is 5.78 Å². The zero-order chi connectivity index (χ0) is 18.0. The van der Waals surface area contributed by atoms with Crippen LogP contribution in [0.2, 0.25) is 0 Å². The molecule has 7 atom stereocenters. The first kappa shape index (κ1) is 17.2. The molecule has 2 N–H and O–H groups in total. The first-order valence-electron chi connectivity index (χ1n) is 9.75. The fraction of sp³-hybridized carbons (Fsp3) is 0.682. The summed E-state index contributed by atoms with van der Waals surface area (Å²) in [5.41, 5.74) is 2.36. The molecule has 2 unspecified atom stereocenters. The second-order valence-corrected chi connectivity index (χ2v) is 9.19. The Kier molecular flexibility index (Phi) is 3.90. The topological polar surface area (TPSA) is 57.5 Å². The standard InChI is InChI=1S/C22H30O3/c1-13-10-16-17-5-4-14(7-9-23)22(17,3)12-19(25)20(16)21(2)8-6-15(24)11-18(13)21/h6-8,11,13,16-17,19-20,23,25H,4-5,9-10,12H2,1-3H3/t13?,16-,17-,19?,20+,21-,22+/m0/s1. The maximum atomic E-state index is 11.9. The van der Waals surface area contributed by atoms with Gasteiger partial charge in [0.1, 0.15) is 0 Å². The van der Waals surface area contributed by atoms with E-state index in [2.05, 4.69) is 26.8 Å². The minimum absolute atomic E-state index is 0.00874. The Bertz CT molecular complexity index is 687. The maximum absolute atomic E-state index is 11.9. The van der Waals surface area contributed by atoms with E-state index in [-0.39, 0.29) is 35.2 Å². The van der Waals surface area contributed by atoms with Gasteiger partial charge in [0.25, 0.3) is 0 Å². The third-order valence-electron chi connectivity index (χ3n) is 8.00. The lowest BCUT2D eigenvalue weighted by atomic mass is 9.46. The Balaban J connectivity index is 1.77. The first-order chi connectivity index (χ1) is 11.8. The van der Waals surface area contributed by atoms with E-state index in [1.54, 1.807) is 6.08 Å². The van der Waals surface area contributed by atoms with Gasteiger partial charge in [-0.15, -0.1) is 0 Å². The molecule has 136 valence electrons. The van der Waals surface area contributed by atoms with E-state index in [9.17, 15) is 15.0 Å². The van der Waals surface area contributed by atoms with E-state index in [0.717, 1.165) is 25.7 Å². The van der Waals surface area contributed by atoms with E-state index >= 15 is 0 Å². The molecule has 0 heterocycles. The van der Waals surface area contributed by atoms with Crippen LogP contribution in [0.25, 0.3) is 0 Å². The summed E-state index contributed by atoms with van der Waals surface area (Å²) in [5.74, 6) is 1.67. The number of hydrogen-bond donors (Lipinski definition) is 2. The molecular weight excluding hydrogens is 312 g/mol. The van der Waals surface area contributed by atoms with Gasteiger partial charge in [-0.25, -0.2) is 0 Å². The molecule has 4 aliphatic rings. The van der Waals surface area contributed by atoms with Crippen LogP contribution >= 0.6 is 0 Å². The molecule has 3 saturated carbocycles. The van der Waals surface area contributed by atoms with Gasteiger partial charge in [-0.1, -0.05) is 44.1 Å². The predicted molar refractivity (Wildman–Crippen MR) is 97.7 cm³/mol. The lowest BCUT2D eigenvalue weighted by Crippen LogP contribution is -2.56. The largest absolute Gasteiger partial charge is 0.393 e. The molecule has 4 rings (SSSR count). The Morgan fingerprint density at radius 1 is 1.36 bits per heavy atom. The number of rotatable bonds is 1. The van der Waals surface area contributed by atoms with Crippen molar-refractivity contribution >= 4 is 5.78 Å². The van der Waals surface area contributed by atoms with Gasteiger partial charge in [0, 0.05) is 11.3 Å². The molecule has 0 amide bonds. The van der Waals surface area contributed by atoms with Crippen LogP contribution in [0, 0.1) is 34.5 Å². The molecule has 0 saturated heterocycles. The van der Waals surface area contributed by atoms with Crippen molar-refractivity contribution in [3.8, 4) is 0 Å². The third kappa shape index (κ3) is 2.28. The number of aliphatic hydroxyl groups excluding tert-OH is 2. The number of aliphatic hydroxyl groups is 2. The van der Waals surface area contributed by atoms with E-state index in [1.807, 2.05) is 12.2 Å². The summed E-state index contributed by atoms with van der Waals surface area (Å²) in [6.07, 6.45) is 11.2. The smallest absolute Gasteiger partial charge is 0.178 e. The van der Waals surface area contributed by atoms with Crippen LogP contribution in [0.1, 0.15) is 46.5 Å². The highest BCUT2D eigenvalue weighted by Crippen LogP contribution is 2.66. The zero-order valence-electron chi connectivity index (χ0n) is 15.5. The number of carbonyl (C=O) groups is 1. The second kappa shape index (κ2) is 5.65. The number of ketones is 1. The van der Waals surface area contributed by atoms with Crippen LogP contribution in [0.3, 0.4) is 0 Å². The normalized spacial score (nSPS) is 50.3. The van der Waals surface area contributed by atoms with Gasteiger partial charge < -0.3 is 10.2 Å². The van der Waals surface area contributed by atoms with Gasteiger partial charge in [0.2, 0.25) is 0 Å². The summed E-state index contributed by atoms with van der Waals surface area (Å²) in [7, 11) is 0. The van der Waals surface area contributed by atoms with Gasteiger partial charge in [0.05, 0.1) is 12.7 Å². The van der Waals surface area contributed by atoms with Crippen LogP contribution in [-0.2, 0) is 4.79 Å². The quantitative estimate of drug-likeness (QED) is 0.718. The van der Waals surface area contributed by atoms with Crippen LogP contribution in [0.4, 0.5) is 0 Å². The fourth-order valence-corrected chi connectivity index (χ4v) is 7.04. The summed E-state index contributed by atoms with van der Waals surface area (Å²) in [6, 6.07) is 0. The molecule has 25 heavy (non-hydrogen) atoms. The molecule has 0 aromatic rings. The highest BCUT2D eigenvalue weighted by atomic mass is 16.3. The van der Waals surface area contributed by atoms with Crippen molar-refractivity contribution in [2.45, 2.75) is 52.6 Å². The van der Waals surface area contributed by atoms with Crippen molar-refractivity contribution in [1.82, 2.24) is 0 Å². The van der Waals surface area contributed by atoms with Gasteiger partial charge in [-0.2, -0.15) is 0 Å². The molecule has 3 fully saturated rings. The van der Waals surface area contributed by atoms with E-state index in [1.165, 1.54) is 11.1 Å². The van der Waals surface area contributed by atoms with Crippen LogP contribution in [0.5, 0.6) is 0 Å². The average molecular weight is 342 g/mol. The molecule has 0 radical (unpaired) electrons. The Morgan fingerprint density at radius 3 is 2.84 bits per heavy atom. The van der Waals surface area contributed by atoms with Crippen LogP contribution in [0.15, 0.2) is 35.5 Å². The first-order valence-corrected chi connectivity index (χ1v) is 9.75. The van der Waals surface area contributed by atoms with Crippen molar-refractivity contribution in [2.24, 2.45) is 34.5 Å². The number of carbonyl (C=O) groups excluding carboxylic acids is 1.